The molecule has 146 valence electrons. The standard InChI is InChI=1S/C22H30N2O3/c1-16(2)11-12-27-20-10-9-17(14-21(20)26-3)13-18(15-23)22(25)24-19-7-5-4-6-8-19/h9-10,13-14,16,19H,4-8,11-12H2,1-3H3,(H,24,25)/b18-13+. The fourth-order valence-corrected chi connectivity index (χ4v) is 3.12. The number of methoxy groups -OCH3 is 1. The zero-order valence-corrected chi connectivity index (χ0v) is 16.6. The van der Waals surface area contributed by atoms with Gasteiger partial charge in [0.05, 0.1) is 13.7 Å². The minimum absolute atomic E-state index is 0.108. The Morgan fingerprint density at radius 2 is 2.04 bits per heavy atom. The SMILES string of the molecule is COc1cc(/C=C(\C#N)C(=O)NC2CCCCC2)ccc1OCCC(C)C. The van der Waals surface area contributed by atoms with E-state index in [2.05, 4.69) is 19.2 Å². The van der Waals surface area contributed by atoms with Crippen LogP contribution in [0.15, 0.2) is 23.8 Å². The van der Waals surface area contributed by atoms with Gasteiger partial charge in [-0.15, -0.1) is 0 Å². The lowest BCUT2D eigenvalue weighted by Gasteiger charge is -2.22. The molecule has 1 amide bonds. The van der Waals surface area contributed by atoms with Crippen molar-refractivity contribution in [1.82, 2.24) is 5.32 Å². The number of benzene rings is 1. The van der Waals surface area contributed by atoms with Gasteiger partial charge in [-0.1, -0.05) is 39.2 Å². The highest BCUT2D eigenvalue weighted by Gasteiger charge is 2.18. The summed E-state index contributed by atoms with van der Waals surface area (Å²) in [6.07, 6.45) is 8.02. The second-order valence-corrected chi connectivity index (χ2v) is 7.42. The number of carbonyl (C=O) groups excluding carboxylic acids is 1. The van der Waals surface area contributed by atoms with E-state index in [-0.39, 0.29) is 17.5 Å². The highest BCUT2D eigenvalue weighted by Crippen LogP contribution is 2.29. The number of hydrogen-bond donors (Lipinski definition) is 1. The number of nitrogens with zero attached hydrogens (tertiary/aromatic N) is 1. The average Bonchev–Trinajstić information content (AvgIpc) is 2.67. The number of amides is 1. The first kappa shape index (κ1) is 20.8. The lowest BCUT2D eigenvalue weighted by Crippen LogP contribution is -2.36. The second kappa shape index (κ2) is 10.6. The summed E-state index contributed by atoms with van der Waals surface area (Å²) in [5, 5.41) is 12.4. The Balaban J connectivity index is 2.07. The Kier molecular flexibility index (Phi) is 8.19. The zero-order chi connectivity index (χ0) is 19.6. The van der Waals surface area contributed by atoms with Crippen molar-refractivity contribution in [2.45, 2.75) is 58.4 Å². The van der Waals surface area contributed by atoms with Crippen LogP contribution in [-0.2, 0) is 4.79 Å². The van der Waals surface area contributed by atoms with Crippen LogP contribution >= 0.6 is 0 Å². The molecule has 1 aromatic carbocycles. The van der Waals surface area contributed by atoms with E-state index in [1.54, 1.807) is 19.3 Å². The molecule has 0 unspecified atom stereocenters. The minimum Gasteiger partial charge on any atom is -0.493 e. The van der Waals surface area contributed by atoms with Gasteiger partial charge in [-0.2, -0.15) is 5.26 Å². The second-order valence-electron chi connectivity index (χ2n) is 7.42. The molecule has 0 saturated heterocycles. The third-order valence-corrected chi connectivity index (χ3v) is 4.76. The molecule has 0 aliphatic heterocycles. The normalized spacial score (nSPS) is 15.3. The van der Waals surface area contributed by atoms with Gasteiger partial charge in [-0.05, 0) is 49.0 Å². The van der Waals surface area contributed by atoms with E-state index in [0.717, 1.165) is 37.7 Å². The first-order valence-corrected chi connectivity index (χ1v) is 9.77. The van der Waals surface area contributed by atoms with Crippen LogP contribution in [0.1, 0.15) is 57.9 Å². The van der Waals surface area contributed by atoms with Gasteiger partial charge in [0.1, 0.15) is 11.6 Å². The van der Waals surface area contributed by atoms with E-state index in [0.29, 0.717) is 24.0 Å². The van der Waals surface area contributed by atoms with Gasteiger partial charge < -0.3 is 14.8 Å². The Morgan fingerprint density at radius 3 is 2.67 bits per heavy atom. The van der Waals surface area contributed by atoms with Crippen LogP contribution in [0.5, 0.6) is 11.5 Å². The summed E-state index contributed by atoms with van der Waals surface area (Å²) < 4.78 is 11.2. The molecule has 1 saturated carbocycles. The van der Waals surface area contributed by atoms with E-state index in [1.807, 2.05) is 18.2 Å². The Bertz CT molecular complexity index is 698. The van der Waals surface area contributed by atoms with Crippen LogP contribution in [0.2, 0.25) is 0 Å². The van der Waals surface area contributed by atoms with Crippen LogP contribution in [0, 0.1) is 17.2 Å². The topological polar surface area (TPSA) is 71.3 Å². The van der Waals surface area contributed by atoms with Gasteiger partial charge in [-0.25, -0.2) is 0 Å². The summed E-state index contributed by atoms with van der Waals surface area (Å²) in [7, 11) is 1.58. The van der Waals surface area contributed by atoms with E-state index in [9.17, 15) is 10.1 Å². The highest BCUT2D eigenvalue weighted by molar-refractivity contribution is 6.01. The van der Waals surface area contributed by atoms with Crippen molar-refractivity contribution in [3.63, 3.8) is 0 Å². The van der Waals surface area contributed by atoms with Crippen LogP contribution in [-0.4, -0.2) is 25.7 Å². The van der Waals surface area contributed by atoms with Crippen molar-refractivity contribution in [2.24, 2.45) is 5.92 Å². The van der Waals surface area contributed by atoms with Gasteiger partial charge in [0.25, 0.3) is 5.91 Å². The molecule has 27 heavy (non-hydrogen) atoms. The maximum absolute atomic E-state index is 12.4. The molecule has 2 rings (SSSR count). The smallest absolute Gasteiger partial charge is 0.262 e. The van der Waals surface area contributed by atoms with Crippen molar-refractivity contribution in [1.29, 1.82) is 5.26 Å². The predicted octanol–water partition coefficient (Wildman–Crippen LogP) is 4.48. The maximum atomic E-state index is 12.4. The molecule has 0 aromatic heterocycles. The van der Waals surface area contributed by atoms with Crippen LogP contribution in [0.3, 0.4) is 0 Å². The average molecular weight is 370 g/mol. The Labute approximate surface area is 162 Å². The molecule has 1 fully saturated rings. The first-order valence-electron chi connectivity index (χ1n) is 9.77. The molecule has 1 aliphatic carbocycles. The monoisotopic (exact) mass is 370 g/mol. The lowest BCUT2D eigenvalue weighted by molar-refractivity contribution is -0.117. The van der Waals surface area contributed by atoms with Gasteiger partial charge in [-0.3, -0.25) is 4.79 Å². The molecule has 0 bridgehead atoms. The summed E-state index contributed by atoms with van der Waals surface area (Å²) in [6.45, 7) is 4.92. The summed E-state index contributed by atoms with van der Waals surface area (Å²) in [4.78, 5) is 12.4. The van der Waals surface area contributed by atoms with Crippen molar-refractivity contribution < 1.29 is 14.3 Å². The van der Waals surface area contributed by atoms with Crippen LogP contribution < -0.4 is 14.8 Å². The third kappa shape index (κ3) is 6.63. The fraction of sp³-hybridized carbons (Fsp3) is 0.545. The van der Waals surface area contributed by atoms with Crippen molar-refractivity contribution in [2.75, 3.05) is 13.7 Å². The van der Waals surface area contributed by atoms with Gasteiger partial charge in [0, 0.05) is 6.04 Å². The Hall–Kier alpha value is -2.48. The quantitative estimate of drug-likeness (QED) is 0.541. The molecule has 1 aliphatic rings. The molecule has 1 N–H and O–H groups in total. The van der Waals surface area contributed by atoms with Crippen LogP contribution in [0.25, 0.3) is 6.08 Å². The number of ether oxygens (including phenoxy) is 2. The van der Waals surface area contributed by atoms with Crippen LogP contribution in [0.4, 0.5) is 0 Å². The molecule has 0 radical (unpaired) electrons. The molecular formula is C22H30N2O3. The first-order chi connectivity index (χ1) is 13.0. The molecule has 0 heterocycles. The predicted molar refractivity (Wildman–Crippen MR) is 107 cm³/mol. The van der Waals surface area contributed by atoms with Gasteiger partial charge in [0.2, 0.25) is 0 Å². The zero-order valence-electron chi connectivity index (χ0n) is 16.6. The fourth-order valence-electron chi connectivity index (χ4n) is 3.12. The molecule has 0 spiro atoms. The highest BCUT2D eigenvalue weighted by atomic mass is 16.5. The molecular weight excluding hydrogens is 340 g/mol. The van der Waals surface area contributed by atoms with Gasteiger partial charge >= 0.3 is 0 Å². The van der Waals surface area contributed by atoms with Crippen molar-refractivity contribution in [3.8, 4) is 17.6 Å². The minimum atomic E-state index is -0.305. The lowest BCUT2D eigenvalue weighted by atomic mass is 9.95. The number of hydrogen-bond acceptors (Lipinski definition) is 4. The van der Waals surface area contributed by atoms with Crippen molar-refractivity contribution in [3.05, 3.63) is 29.3 Å². The summed E-state index contributed by atoms with van der Waals surface area (Å²) in [6, 6.07) is 7.63. The number of carbonyl (C=O) groups is 1. The Morgan fingerprint density at radius 1 is 1.30 bits per heavy atom. The summed E-state index contributed by atoms with van der Waals surface area (Å²) in [5.41, 5.74) is 0.842. The van der Waals surface area contributed by atoms with Gasteiger partial charge in [0.15, 0.2) is 11.5 Å². The molecule has 0 atom stereocenters. The van der Waals surface area contributed by atoms with E-state index < -0.39 is 0 Å². The molecule has 5 heteroatoms. The number of nitrogens with one attached hydrogen (secondary N) is 1. The van der Waals surface area contributed by atoms with E-state index in [4.69, 9.17) is 9.47 Å². The third-order valence-electron chi connectivity index (χ3n) is 4.76. The maximum Gasteiger partial charge on any atom is 0.262 e. The summed E-state index contributed by atoms with van der Waals surface area (Å²) >= 11 is 0. The molecule has 1 aromatic rings. The summed E-state index contributed by atoms with van der Waals surface area (Å²) in [5.74, 6) is 1.53. The molecule has 5 nitrogen and oxygen atoms in total. The van der Waals surface area contributed by atoms with E-state index >= 15 is 0 Å². The largest absolute Gasteiger partial charge is 0.493 e. The van der Waals surface area contributed by atoms with Crippen molar-refractivity contribution >= 4 is 12.0 Å². The van der Waals surface area contributed by atoms with E-state index in [1.165, 1.54) is 6.42 Å². The number of rotatable bonds is 8. The number of nitriles is 1.